The third kappa shape index (κ3) is 6.02. The lowest BCUT2D eigenvalue weighted by Crippen LogP contribution is -2.46. The van der Waals surface area contributed by atoms with Gasteiger partial charge in [0.2, 0.25) is 15.9 Å². The molecule has 1 unspecified atom stereocenters. The Balaban J connectivity index is 1.23. The Kier molecular flexibility index (Phi) is 7.85. The number of benzene rings is 3. The standard InChI is InChI=1S/C28H31N3O5S/c32-28(29-24-9-6-10-25(18-24)30-13-15-35-16-14-30)21-36-20-26-17-22-7-4-5-8-23(22)19-31(26)37(33,34)27-11-2-1-3-12-27/h1-12,18,26H,13-17,19-21H2,(H,29,32). The van der Waals surface area contributed by atoms with Gasteiger partial charge < -0.3 is 19.7 Å². The van der Waals surface area contributed by atoms with Gasteiger partial charge in [-0.25, -0.2) is 8.42 Å². The van der Waals surface area contributed by atoms with Crippen LogP contribution in [0.1, 0.15) is 11.1 Å². The summed E-state index contributed by atoms with van der Waals surface area (Å²) in [4.78, 5) is 15.1. The third-order valence-electron chi connectivity index (χ3n) is 6.71. The molecule has 3 aromatic carbocycles. The maximum absolute atomic E-state index is 13.5. The fourth-order valence-corrected chi connectivity index (χ4v) is 6.41. The summed E-state index contributed by atoms with van der Waals surface area (Å²) in [6, 6.07) is 23.6. The Morgan fingerprint density at radius 1 is 0.946 bits per heavy atom. The van der Waals surface area contributed by atoms with Crippen molar-refractivity contribution in [1.29, 1.82) is 0 Å². The van der Waals surface area contributed by atoms with Crippen LogP contribution < -0.4 is 10.2 Å². The number of hydrogen-bond acceptors (Lipinski definition) is 6. The summed E-state index contributed by atoms with van der Waals surface area (Å²) < 4.78 is 39.7. The minimum Gasteiger partial charge on any atom is -0.378 e. The van der Waals surface area contributed by atoms with Crippen LogP contribution in [0.15, 0.2) is 83.8 Å². The normalized spacial score (nSPS) is 18.3. The summed E-state index contributed by atoms with van der Waals surface area (Å²) in [7, 11) is -3.73. The Bertz CT molecular complexity index is 1330. The highest BCUT2D eigenvalue weighted by molar-refractivity contribution is 7.89. The first kappa shape index (κ1) is 25.4. The molecule has 2 aliphatic rings. The van der Waals surface area contributed by atoms with Gasteiger partial charge >= 0.3 is 0 Å². The molecule has 37 heavy (non-hydrogen) atoms. The summed E-state index contributed by atoms with van der Waals surface area (Å²) in [5, 5.41) is 2.89. The molecule has 1 N–H and O–H groups in total. The highest BCUT2D eigenvalue weighted by Crippen LogP contribution is 2.29. The summed E-state index contributed by atoms with van der Waals surface area (Å²) >= 11 is 0. The number of morpholine rings is 1. The smallest absolute Gasteiger partial charge is 0.250 e. The topological polar surface area (TPSA) is 88.2 Å². The van der Waals surface area contributed by atoms with E-state index in [0.29, 0.717) is 25.3 Å². The van der Waals surface area contributed by atoms with Gasteiger partial charge in [0.25, 0.3) is 0 Å². The van der Waals surface area contributed by atoms with Crippen LogP contribution in [-0.4, -0.2) is 64.2 Å². The molecule has 8 nitrogen and oxygen atoms in total. The number of carbonyl (C=O) groups excluding carboxylic acids is 1. The van der Waals surface area contributed by atoms with Gasteiger partial charge in [-0.15, -0.1) is 0 Å². The van der Waals surface area contributed by atoms with Gasteiger partial charge in [0.1, 0.15) is 6.61 Å². The van der Waals surface area contributed by atoms with Crippen LogP contribution in [0.25, 0.3) is 0 Å². The van der Waals surface area contributed by atoms with Crippen molar-refractivity contribution in [3.05, 3.63) is 90.0 Å². The number of ether oxygens (including phenoxy) is 2. The first-order chi connectivity index (χ1) is 18.0. The largest absolute Gasteiger partial charge is 0.378 e. The average Bonchev–Trinajstić information content (AvgIpc) is 2.93. The molecular formula is C28H31N3O5S. The molecule has 5 rings (SSSR count). The molecule has 0 bridgehead atoms. The van der Waals surface area contributed by atoms with Crippen LogP contribution in [0.4, 0.5) is 11.4 Å². The molecular weight excluding hydrogens is 490 g/mol. The fourth-order valence-electron chi connectivity index (χ4n) is 4.80. The van der Waals surface area contributed by atoms with Crippen LogP contribution >= 0.6 is 0 Å². The predicted molar refractivity (Wildman–Crippen MR) is 142 cm³/mol. The van der Waals surface area contributed by atoms with Crippen molar-refractivity contribution in [2.75, 3.05) is 49.7 Å². The number of amides is 1. The van der Waals surface area contributed by atoms with E-state index in [1.54, 1.807) is 30.3 Å². The molecule has 194 valence electrons. The molecule has 1 amide bonds. The molecule has 0 radical (unpaired) electrons. The van der Waals surface area contributed by atoms with E-state index in [4.69, 9.17) is 9.47 Å². The zero-order valence-electron chi connectivity index (χ0n) is 20.6. The lowest BCUT2D eigenvalue weighted by atomic mass is 9.96. The molecule has 0 saturated carbocycles. The molecule has 1 saturated heterocycles. The average molecular weight is 522 g/mol. The van der Waals surface area contributed by atoms with Gasteiger partial charge in [-0.2, -0.15) is 4.31 Å². The highest BCUT2D eigenvalue weighted by atomic mass is 32.2. The van der Waals surface area contributed by atoms with Crippen LogP contribution in [0, 0.1) is 0 Å². The van der Waals surface area contributed by atoms with E-state index in [2.05, 4.69) is 10.2 Å². The third-order valence-corrected chi connectivity index (χ3v) is 8.62. The van der Waals surface area contributed by atoms with Gasteiger partial charge in [-0.1, -0.05) is 48.5 Å². The van der Waals surface area contributed by atoms with E-state index in [9.17, 15) is 13.2 Å². The molecule has 2 heterocycles. The number of sulfonamides is 1. The Morgan fingerprint density at radius 2 is 1.68 bits per heavy atom. The first-order valence-electron chi connectivity index (χ1n) is 12.4. The van der Waals surface area contributed by atoms with Crippen LogP contribution in [0.5, 0.6) is 0 Å². The van der Waals surface area contributed by atoms with Gasteiger partial charge in [-0.05, 0) is 47.9 Å². The maximum atomic E-state index is 13.5. The van der Waals surface area contributed by atoms with E-state index in [-0.39, 0.29) is 30.6 Å². The van der Waals surface area contributed by atoms with Crippen molar-refractivity contribution in [1.82, 2.24) is 4.31 Å². The Labute approximate surface area is 217 Å². The van der Waals surface area contributed by atoms with E-state index in [1.165, 1.54) is 4.31 Å². The second-order valence-corrected chi connectivity index (χ2v) is 11.1. The van der Waals surface area contributed by atoms with Gasteiger partial charge in [0, 0.05) is 31.0 Å². The predicted octanol–water partition coefficient (Wildman–Crippen LogP) is 3.29. The van der Waals surface area contributed by atoms with E-state index >= 15 is 0 Å². The second-order valence-electron chi connectivity index (χ2n) is 9.20. The quantitative estimate of drug-likeness (QED) is 0.490. The van der Waals surface area contributed by atoms with Crippen LogP contribution in [0.2, 0.25) is 0 Å². The SMILES string of the molecule is O=C(COCC1Cc2ccccc2CN1S(=O)(=O)c1ccccc1)Nc1cccc(N2CCOCC2)c1. The minimum atomic E-state index is -3.73. The number of anilines is 2. The maximum Gasteiger partial charge on any atom is 0.250 e. The first-order valence-corrected chi connectivity index (χ1v) is 13.9. The highest BCUT2D eigenvalue weighted by Gasteiger charge is 2.35. The van der Waals surface area contributed by atoms with Crippen LogP contribution in [0.3, 0.4) is 0 Å². The van der Waals surface area contributed by atoms with Crippen molar-refractivity contribution in [3.63, 3.8) is 0 Å². The van der Waals surface area contributed by atoms with E-state index in [1.807, 2.05) is 48.5 Å². The number of hydrogen-bond donors (Lipinski definition) is 1. The summed E-state index contributed by atoms with van der Waals surface area (Å²) in [6.07, 6.45) is 0.519. The van der Waals surface area contributed by atoms with Crippen molar-refractivity contribution < 1.29 is 22.7 Å². The van der Waals surface area contributed by atoms with Crippen molar-refractivity contribution >= 4 is 27.3 Å². The zero-order valence-corrected chi connectivity index (χ0v) is 21.4. The molecule has 0 aromatic heterocycles. The Morgan fingerprint density at radius 3 is 2.46 bits per heavy atom. The molecule has 1 atom stereocenters. The minimum absolute atomic E-state index is 0.113. The van der Waals surface area contributed by atoms with Crippen molar-refractivity contribution in [2.45, 2.75) is 23.9 Å². The zero-order chi connectivity index (χ0) is 25.7. The molecule has 0 spiro atoms. The Hall–Kier alpha value is -3.24. The monoisotopic (exact) mass is 521 g/mol. The molecule has 9 heteroatoms. The lowest BCUT2D eigenvalue weighted by molar-refractivity contribution is -0.121. The summed E-state index contributed by atoms with van der Waals surface area (Å²) in [5.74, 6) is -0.284. The van der Waals surface area contributed by atoms with Gasteiger partial charge in [0.15, 0.2) is 0 Å². The van der Waals surface area contributed by atoms with Crippen molar-refractivity contribution in [3.8, 4) is 0 Å². The van der Waals surface area contributed by atoms with Crippen LogP contribution in [-0.2, 0) is 37.3 Å². The number of carbonyl (C=O) groups is 1. The van der Waals surface area contributed by atoms with Gasteiger partial charge in [-0.3, -0.25) is 4.79 Å². The number of nitrogens with zero attached hydrogens (tertiary/aromatic N) is 2. The van der Waals surface area contributed by atoms with E-state index in [0.717, 1.165) is 29.9 Å². The molecule has 3 aromatic rings. The number of fused-ring (bicyclic) bond motifs is 1. The van der Waals surface area contributed by atoms with Gasteiger partial charge in [0.05, 0.1) is 30.8 Å². The summed E-state index contributed by atoms with van der Waals surface area (Å²) in [6.45, 7) is 3.21. The second kappa shape index (κ2) is 11.4. The molecule has 2 aliphatic heterocycles. The molecule has 0 aliphatic carbocycles. The molecule has 1 fully saturated rings. The fraction of sp³-hybridized carbons (Fsp3) is 0.321. The number of nitrogens with one attached hydrogen (secondary N) is 1. The van der Waals surface area contributed by atoms with E-state index < -0.39 is 16.1 Å². The lowest BCUT2D eigenvalue weighted by Gasteiger charge is -2.35. The number of rotatable bonds is 8. The summed E-state index contributed by atoms with van der Waals surface area (Å²) in [5.41, 5.74) is 3.80. The van der Waals surface area contributed by atoms with Crippen molar-refractivity contribution in [2.24, 2.45) is 0 Å².